The highest BCUT2D eigenvalue weighted by Crippen LogP contribution is 2.49. The van der Waals surface area contributed by atoms with Crippen LogP contribution < -0.4 is 5.32 Å². The molecule has 0 saturated heterocycles. The van der Waals surface area contributed by atoms with Crippen LogP contribution in [0.25, 0.3) is 22.3 Å². The predicted octanol–water partition coefficient (Wildman–Crippen LogP) is 7.27. The molecular formula is C28H25N. The number of nitrogens with one attached hydrogen (secondary N) is 1. The molecule has 0 saturated carbocycles. The van der Waals surface area contributed by atoms with Crippen LogP contribution in [-0.4, -0.2) is 0 Å². The van der Waals surface area contributed by atoms with Crippen molar-refractivity contribution in [2.24, 2.45) is 0 Å². The van der Waals surface area contributed by atoms with E-state index >= 15 is 0 Å². The van der Waals surface area contributed by atoms with Gasteiger partial charge in [0.2, 0.25) is 0 Å². The summed E-state index contributed by atoms with van der Waals surface area (Å²) in [6.07, 6.45) is 0. The van der Waals surface area contributed by atoms with Gasteiger partial charge in [0, 0.05) is 17.6 Å². The van der Waals surface area contributed by atoms with Gasteiger partial charge in [0.1, 0.15) is 0 Å². The highest BCUT2D eigenvalue weighted by atomic mass is 14.9. The van der Waals surface area contributed by atoms with E-state index in [4.69, 9.17) is 21.9 Å². The highest BCUT2D eigenvalue weighted by molar-refractivity contribution is 5.82. The quantitative estimate of drug-likeness (QED) is 0.385. The van der Waals surface area contributed by atoms with Gasteiger partial charge in [0.05, 0.1) is 21.9 Å². The third-order valence-electron chi connectivity index (χ3n) is 4.87. The molecule has 0 spiro atoms. The van der Waals surface area contributed by atoms with Crippen molar-refractivity contribution in [3.05, 3.63) is 113 Å². The first kappa shape index (κ1) is 7.50. The Morgan fingerprint density at radius 2 is 1.34 bits per heavy atom. The lowest BCUT2D eigenvalue weighted by Gasteiger charge is -2.22. The Bertz CT molecular complexity index is 1940. The molecule has 0 aliphatic heterocycles. The number of benzene rings is 4. The molecule has 0 fully saturated rings. The lowest BCUT2D eigenvalue weighted by molar-refractivity contribution is 0.660. The Labute approximate surface area is 195 Å². The molecule has 29 heavy (non-hydrogen) atoms. The average Bonchev–Trinajstić information content (AvgIpc) is 3.25. The maximum absolute atomic E-state index is 9.01. The molecule has 1 aliphatic rings. The molecule has 5 rings (SSSR count). The average molecular weight is 392 g/mol. The zero-order chi connectivity index (χ0) is 33.8. The van der Waals surface area contributed by atoms with E-state index in [0.29, 0.717) is 0 Å². The van der Waals surface area contributed by atoms with E-state index in [1.807, 2.05) is 0 Å². The summed E-state index contributed by atoms with van der Waals surface area (Å²) in [6.45, 7) is 2.87. The maximum Gasteiger partial charge on any atom is 0.0648 e. The molecule has 0 unspecified atom stereocenters. The summed E-state index contributed by atoms with van der Waals surface area (Å²) in [4.78, 5) is 0. The van der Waals surface area contributed by atoms with Crippen molar-refractivity contribution in [2.45, 2.75) is 25.8 Å². The second-order valence-electron chi connectivity index (χ2n) is 7.08. The van der Waals surface area contributed by atoms with Crippen molar-refractivity contribution in [3.63, 3.8) is 0 Å². The fourth-order valence-electron chi connectivity index (χ4n) is 3.35. The molecule has 0 aromatic heterocycles. The van der Waals surface area contributed by atoms with Crippen LogP contribution in [0.15, 0.2) is 96.7 Å². The highest BCUT2D eigenvalue weighted by Gasteiger charge is 2.35. The summed E-state index contributed by atoms with van der Waals surface area (Å²) in [7, 11) is 0. The Morgan fingerprint density at radius 3 is 2.14 bits per heavy atom. The molecule has 142 valence electrons. The number of fused-ring (bicyclic) bond motifs is 3. The van der Waals surface area contributed by atoms with Crippen LogP contribution in [0.4, 0.5) is 5.69 Å². The second-order valence-corrected chi connectivity index (χ2v) is 7.08. The van der Waals surface area contributed by atoms with Gasteiger partial charge in [0.15, 0.2) is 0 Å². The van der Waals surface area contributed by atoms with Crippen molar-refractivity contribution < 1.29 is 21.9 Å². The maximum atomic E-state index is 9.01. The standard InChI is InChI=1S/C28H25N/c1-28(2)26-11-7-6-10-24(26)25-17-16-23(18-27(25)28)29-19-20-12-14-22(15-13-20)21-8-4-3-5-9-21/h3-18,29H,19H2,1-2H3/i3D,4D,5D,6D,7D,8D,9D,10D,11D,12D,13D,14D,15D,16D,17D,18D. The van der Waals surface area contributed by atoms with Gasteiger partial charge in [-0.25, -0.2) is 0 Å². The zero-order valence-corrected chi connectivity index (χ0v) is 15.7. The van der Waals surface area contributed by atoms with Gasteiger partial charge in [-0.3, -0.25) is 0 Å². The van der Waals surface area contributed by atoms with Gasteiger partial charge >= 0.3 is 0 Å². The molecule has 1 N–H and O–H groups in total. The van der Waals surface area contributed by atoms with Gasteiger partial charge in [-0.05, 0) is 51.0 Å². The Hall–Kier alpha value is -3.32. The Balaban J connectivity index is 1.65. The minimum absolute atomic E-state index is 0.0507. The van der Waals surface area contributed by atoms with Crippen molar-refractivity contribution in [3.8, 4) is 22.3 Å². The van der Waals surface area contributed by atoms with Crippen LogP contribution >= 0.6 is 0 Å². The third-order valence-corrected chi connectivity index (χ3v) is 4.87. The van der Waals surface area contributed by atoms with Crippen LogP contribution in [-0.2, 0) is 12.0 Å². The molecular weight excluding hydrogens is 350 g/mol. The fourth-order valence-corrected chi connectivity index (χ4v) is 3.35. The summed E-state index contributed by atoms with van der Waals surface area (Å²) in [5.41, 5.74) is -1.99. The van der Waals surface area contributed by atoms with Gasteiger partial charge < -0.3 is 5.32 Å². The molecule has 1 nitrogen and oxygen atoms in total. The first-order chi connectivity index (χ1) is 20.8. The summed E-state index contributed by atoms with van der Waals surface area (Å²) in [5.74, 6) is 0. The topological polar surface area (TPSA) is 12.0 Å². The van der Waals surface area contributed by atoms with Crippen LogP contribution in [0.1, 0.15) is 52.5 Å². The SMILES string of the molecule is [2H]c1c([2H])c([2H])c(-c2c([2H])c([2H])c(CNc3c([2H])c([2H])c4c(c3[2H])C(C)(C)c3c([2H])c([2H])c([2H])c([2H])c3-4)c([2H])c2[2H])c([2H])c1[2H]. The Kier molecular flexibility index (Phi) is 1.79. The molecule has 0 radical (unpaired) electrons. The van der Waals surface area contributed by atoms with Gasteiger partial charge in [-0.1, -0.05) is 98.4 Å². The predicted molar refractivity (Wildman–Crippen MR) is 123 cm³/mol. The van der Waals surface area contributed by atoms with Crippen LogP contribution in [0.2, 0.25) is 0 Å². The van der Waals surface area contributed by atoms with Crippen molar-refractivity contribution in [2.75, 3.05) is 5.32 Å². The number of hydrogen-bond acceptors (Lipinski definition) is 1. The largest absolute Gasteiger partial charge is 0.381 e. The van der Waals surface area contributed by atoms with Gasteiger partial charge in [-0.2, -0.15) is 0 Å². The van der Waals surface area contributed by atoms with Crippen LogP contribution in [0.5, 0.6) is 0 Å². The van der Waals surface area contributed by atoms with Crippen molar-refractivity contribution >= 4 is 5.69 Å². The lowest BCUT2D eigenvalue weighted by atomic mass is 9.82. The lowest BCUT2D eigenvalue weighted by Crippen LogP contribution is -2.15. The molecule has 1 heteroatoms. The molecule has 0 heterocycles. The summed E-state index contributed by atoms with van der Waals surface area (Å²) in [6, 6.07) is -8.67. The van der Waals surface area contributed by atoms with E-state index in [0.717, 1.165) is 0 Å². The summed E-state index contributed by atoms with van der Waals surface area (Å²) < 4.78 is 134. The first-order valence-electron chi connectivity index (χ1n) is 17.0. The normalized spacial score (nSPS) is 21.3. The molecule has 1 aliphatic carbocycles. The molecule has 0 atom stereocenters. The number of rotatable bonds is 4. The van der Waals surface area contributed by atoms with Crippen LogP contribution in [0.3, 0.4) is 0 Å². The van der Waals surface area contributed by atoms with E-state index in [2.05, 4.69) is 5.32 Å². The number of hydrogen-bond donors (Lipinski definition) is 1. The smallest absolute Gasteiger partial charge is 0.0648 e. The minimum atomic E-state index is -1.16. The monoisotopic (exact) mass is 391 g/mol. The van der Waals surface area contributed by atoms with Crippen molar-refractivity contribution in [1.82, 2.24) is 0 Å². The molecule has 4 aromatic carbocycles. The van der Waals surface area contributed by atoms with E-state index < -0.39 is 102 Å². The van der Waals surface area contributed by atoms with E-state index in [-0.39, 0.29) is 51.6 Å². The van der Waals surface area contributed by atoms with E-state index in [1.165, 1.54) is 0 Å². The van der Waals surface area contributed by atoms with E-state index in [9.17, 15) is 0 Å². The van der Waals surface area contributed by atoms with Gasteiger partial charge in [-0.15, -0.1) is 0 Å². The molecule has 4 aromatic rings. The third kappa shape index (κ3) is 3.13. The molecule has 0 amide bonds. The minimum Gasteiger partial charge on any atom is -0.381 e. The van der Waals surface area contributed by atoms with Gasteiger partial charge in [0.25, 0.3) is 0 Å². The zero-order valence-electron chi connectivity index (χ0n) is 31.7. The number of anilines is 1. The second kappa shape index (κ2) is 6.93. The fraction of sp³-hybridized carbons (Fsp3) is 0.143. The molecule has 0 bridgehead atoms. The van der Waals surface area contributed by atoms with Crippen LogP contribution in [0, 0.1) is 0 Å². The first-order valence-corrected chi connectivity index (χ1v) is 8.96. The van der Waals surface area contributed by atoms with E-state index in [1.54, 1.807) is 13.8 Å². The van der Waals surface area contributed by atoms with Crippen molar-refractivity contribution in [1.29, 1.82) is 0 Å². The summed E-state index contributed by atoms with van der Waals surface area (Å²) >= 11 is 0. The Morgan fingerprint density at radius 1 is 0.690 bits per heavy atom. The summed E-state index contributed by atoms with van der Waals surface area (Å²) in [5, 5.41) is 2.80.